The Kier molecular flexibility index (Phi) is 4.65. The molecule has 9 heteroatoms. The average molecular weight is 454 g/mol. The van der Waals surface area contributed by atoms with Gasteiger partial charge in [-0.3, -0.25) is 9.48 Å². The maximum absolute atomic E-state index is 12.9. The second kappa shape index (κ2) is 7.45. The number of hydrogen-bond acceptors (Lipinski definition) is 5. The van der Waals surface area contributed by atoms with E-state index >= 15 is 0 Å². The molecule has 0 atom stereocenters. The van der Waals surface area contributed by atoms with Gasteiger partial charge in [0, 0.05) is 25.0 Å². The maximum atomic E-state index is 12.9. The lowest BCUT2D eigenvalue weighted by molar-refractivity contribution is 0.338. The Hall–Kier alpha value is -2.65. The fourth-order valence-corrected chi connectivity index (χ4v) is 6.81. The highest BCUT2D eigenvalue weighted by atomic mass is 32.2. The molecule has 2 saturated carbocycles. The first-order valence-corrected chi connectivity index (χ1v) is 12.9. The molecule has 2 fully saturated rings. The molecule has 3 aliphatic rings. The molecular formula is C23H27N5O3S. The van der Waals surface area contributed by atoms with E-state index in [2.05, 4.69) is 10.3 Å². The number of aromatic amines is 1. The molecule has 0 radical (unpaired) electrons. The number of nitrogens with one attached hydrogen (secondary N) is 2. The normalized spacial score (nSPS) is 21.1. The lowest BCUT2D eigenvalue weighted by Gasteiger charge is -2.22. The van der Waals surface area contributed by atoms with Gasteiger partial charge in [-0.25, -0.2) is 8.42 Å². The van der Waals surface area contributed by atoms with Gasteiger partial charge in [-0.05, 0) is 61.4 Å². The lowest BCUT2D eigenvalue weighted by atomic mass is 9.95. The SMILES string of the molecule is O=c1[nH]ccc2c1c(Nc1ccc3c(c1)CN(CC1CC1)S3(=O)=O)nn2C1CCCCC1. The van der Waals surface area contributed by atoms with Crippen molar-refractivity contribution in [2.24, 2.45) is 5.92 Å². The molecule has 168 valence electrons. The maximum Gasteiger partial charge on any atom is 0.261 e. The van der Waals surface area contributed by atoms with Gasteiger partial charge in [0.15, 0.2) is 5.82 Å². The zero-order chi connectivity index (χ0) is 21.9. The van der Waals surface area contributed by atoms with E-state index in [1.807, 2.05) is 16.8 Å². The summed E-state index contributed by atoms with van der Waals surface area (Å²) in [5, 5.41) is 8.66. The molecule has 2 aromatic heterocycles. The summed E-state index contributed by atoms with van der Waals surface area (Å²) in [5.41, 5.74) is 2.19. The molecule has 0 amide bonds. The first kappa shape index (κ1) is 20.0. The summed E-state index contributed by atoms with van der Waals surface area (Å²) < 4.78 is 29.3. The van der Waals surface area contributed by atoms with Crippen LogP contribution < -0.4 is 10.9 Å². The van der Waals surface area contributed by atoms with Crippen LogP contribution in [0.1, 0.15) is 56.6 Å². The molecule has 3 heterocycles. The number of rotatable bonds is 5. The molecule has 2 N–H and O–H groups in total. The van der Waals surface area contributed by atoms with Gasteiger partial charge in [0.05, 0.1) is 16.5 Å². The summed E-state index contributed by atoms with van der Waals surface area (Å²) in [6.45, 7) is 1.01. The quantitative estimate of drug-likeness (QED) is 0.611. The van der Waals surface area contributed by atoms with E-state index in [4.69, 9.17) is 5.10 Å². The second-order valence-electron chi connectivity index (χ2n) is 9.34. The molecule has 8 nitrogen and oxygen atoms in total. The Morgan fingerprint density at radius 2 is 1.91 bits per heavy atom. The summed E-state index contributed by atoms with van der Waals surface area (Å²) >= 11 is 0. The van der Waals surface area contributed by atoms with Crippen LogP contribution in [0.5, 0.6) is 0 Å². The van der Waals surface area contributed by atoms with Crippen molar-refractivity contribution >= 4 is 32.4 Å². The molecule has 0 saturated heterocycles. The molecule has 1 aromatic carbocycles. The summed E-state index contributed by atoms with van der Waals surface area (Å²) in [7, 11) is -3.41. The minimum Gasteiger partial charge on any atom is -0.338 e. The Labute approximate surface area is 186 Å². The zero-order valence-corrected chi connectivity index (χ0v) is 18.7. The van der Waals surface area contributed by atoms with Crippen molar-refractivity contribution in [1.82, 2.24) is 19.1 Å². The third kappa shape index (κ3) is 3.34. The molecule has 32 heavy (non-hydrogen) atoms. The number of anilines is 2. The number of aromatic nitrogens is 3. The van der Waals surface area contributed by atoms with Crippen LogP contribution in [0.25, 0.3) is 10.9 Å². The van der Waals surface area contributed by atoms with Crippen LogP contribution in [0.2, 0.25) is 0 Å². The molecule has 6 rings (SSSR count). The van der Waals surface area contributed by atoms with E-state index in [0.29, 0.717) is 41.1 Å². The Bertz CT molecular complexity index is 1350. The van der Waals surface area contributed by atoms with Crippen LogP contribution >= 0.6 is 0 Å². The highest BCUT2D eigenvalue weighted by Gasteiger charge is 2.38. The molecule has 0 bridgehead atoms. The third-order valence-corrected chi connectivity index (χ3v) is 8.91. The third-order valence-electron chi connectivity index (χ3n) is 7.00. The van der Waals surface area contributed by atoms with Crippen LogP contribution in [0.4, 0.5) is 11.5 Å². The van der Waals surface area contributed by atoms with Crippen LogP contribution in [0.15, 0.2) is 40.2 Å². The van der Waals surface area contributed by atoms with Gasteiger partial charge in [-0.1, -0.05) is 19.3 Å². The summed E-state index contributed by atoms with van der Waals surface area (Å²) in [6, 6.07) is 7.52. The summed E-state index contributed by atoms with van der Waals surface area (Å²) in [6.07, 6.45) is 9.62. The van der Waals surface area contributed by atoms with Gasteiger partial charge in [-0.2, -0.15) is 9.40 Å². The van der Waals surface area contributed by atoms with Crippen LogP contribution in [-0.2, 0) is 16.6 Å². The molecule has 0 spiro atoms. The Balaban J connectivity index is 1.35. The number of nitrogens with zero attached hydrogens (tertiary/aromatic N) is 3. The number of fused-ring (bicyclic) bond motifs is 2. The fourth-order valence-electron chi connectivity index (χ4n) is 5.13. The standard InChI is InChI=1S/C23H27N5O3S/c29-23-21-19(10-11-24-23)28(18-4-2-1-3-5-18)26-22(21)25-17-8-9-20-16(12-17)14-27(32(20,30)31)13-15-6-7-15/h8-12,15,18H,1-7,13-14H2,(H,24,29)(H,25,26). The van der Waals surface area contributed by atoms with E-state index in [1.54, 1.807) is 22.6 Å². The van der Waals surface area contributed by atoms with E-state index in [9.17, 15) is 13.2 Å². The van der Waals surface area contributed by atoms with Gasteiger partial charge in [0.1, 0.15) is 5.39 Å². The largest absolute Gasteiger partial charge is 0.338 e. The van der Waals surface area contributed by atoms with Crippen LogP contribution in [0.3, 0.4) is 0 Å². The van der Waals surface area contributed by atoms with Gasteiger partial charge in [0.25, 0.3) is 5.56 Å². The fraction of sp³-hybridized carbons (Fsp3) is 0.478. The molecule has 0 unspecified atom stereocenters. The molecule has 3 aromatic rings. The number of H-pyrrole nitrogens is 1. The van der Waals surface area contributed by atoms with Gasteiger partial charge in [-0.15, -0.1) is 0 Å². The number of benzene rings is 1. The first-order valence-electron chi connectivity index (χ1n) is 11.5. The van der Waals surface area contributed by atoms with Gasteiger partial charge >= 0.3 is 0 Å². The monoisotopic (exact) mass is 453 g/mol. The predicted molar refractivity (Wildman–Crippen MR) is 123 cm³/mol. The average Bonchev–Trinajstić information content (AvgIpc) is 3.48. The van der Waals surface area contributed by atoms with Crippen molar-refractivity contribution in [1.29, 1.82) is 0 Å². The minimum absolute atomic E-state index is 0.175. The molecular weight excluding hydrogens is 426 g/mol. The molecule has 2 aliphatic carbocycles. The Morgan fingerprint density at radius 1 is 1.09 bits per heavy atom. The predicted octanol–water partition coefficient (Wildman–Crippen LogP) is 3.89. The van der Waals surface area contributed by atoms with E-state index in [1.165, 1.54) is 19.3 Å². The summed E-state index contributed by atoms with van der Waals surface area (Å²) in [4.78, 5) is 15.8. The smallest absolute Gasteiger partial charge is 0.261 e. The number of sulfonamides is 1. The van der Waals surface area contributed by atoms with E-state index in [0.717, 1.165) is 42.5 Å². The molecule has 1 aliphatic heterocycles. The zero-order valence-electron chi connectivity index (χ0n) is 17.9. The number of pyridine rings is 1. The minimum atomic E-state index is -3.41. The lowest BCUT2D eigenvalue weighted by Crippen LogP contribution is -2.26. The highest BCUT2D eigenvalue weighted by molar-refractivity contribution is 7.89. The second-order valence-corrected chi connectivity index (χ2v) is 11.2. The van der Waals surface area contributed by atoms with Crippen molar-refractivity contribution in [2.75, 3.05) is 11.9 Å². The topological polar surface area (TPSA) is 100 Å². The van der Waals surface area contributed by atoms with Crippen molar-refractivity contribution in [3.63, 3.8) is 0 Å². The van der Waals surface area contributed by atoms with Crippen LogP contribution in [-0.4, -0.2) is 34.0 Å². The van der Waals surface area contributed by atoms with Gasteiger partial charge in [0.2, 0.25) is 10.0 Å². The number of hydrogen-bond donors (Lipinski definition) is 2. The first-order chi connectivity index (χ1) is 15.5. The summed E-state index contributed by atoms with van der Waals surface area (Å²) in [5.74, 6) is 1.02. The highest BCUT2D eigenvalue weighted by Crippen LogP contribution is 2.38. The van der Waals surface area contributed by atoms with Crippen LogP contribution in [0, 0.1) is 5.92 Å². The van der Waals surface area contributed by atoms with Gasteiger partial charge < -0.3 is 10.3 Å². The van der Waals surface area contributed by atoms with Crippen molar-refractivity contribution in [2.45, 2.75) is 62.4 Å². The van der Waals surface area contributed by atoms with E-state index in [-0.39, 0.29) is 5.56 Å². The Morgan fingerprint density at radius 3 is 2.69 bits per heavy atom. The van der Waals surface area contributed by atoms with Crippen molar-refractivity contribution in [3.8, 4) is 0 Å². The van der Waals surface area contributed by atoms with Crippen molar-refractivity contribution < 1.29 is 8.42 Å². The van der Waals surface area contributed by atoms with Crippen molar-refractivity contribution in [3.05, 3.63) is 46.4 Å². The van der Waals surface area contributed by atoms with E-state index < -0.39 is 10.0 Å².